The fraction of sp³-hybridized carbons (Fsp3) is 1.00. The normalized spacial score (nSPS) is 34.4. The largest absolute Gasteiger partial charge is 0.414 e. The Labute approximate surface area is 133 Å². The second kappa shape index (κ2) is 6.86. The van der Waals surface area contributed by atoms with Gasteiger partial charge >= 0.3 is 0 Å². The molecule has 1 aliphatic heterocycles. The van der Waals surface area contributed by atoms with Crippen LogP contribution in [0.1, 0.15) is 27.7 Å². The topological polar surface area (TPSA) is 79.2 Å². The van der Waals surface area contributed by atoms with Crippen LogP contribution in [-0.4, -0.2) is 65.8 Å². The van der Waals surface area contributed by atoms with Crippen molar-refractivity contribution in [1.82, 2.24) is 0 Å². The predicted octanol–water partition coefficient (Wildman–Crippen LogP) is 1.57. The smallest absolute Gasteiger partial charge is 0.192 e. The monoisotopic (exact) mass is 338 g/mol. The summed E-state index contributed by atoms with van der Waals surface area (Å²) in [5.74, 6) is 0.681. The number of rotatable bonds is 6. The van der Waals surface area contributed by atoms with E-state index < -0.39 is 31.6 Å². The fourth-order valence-electron chi connectivity index (χ4n) is 2.04. The Morgan fingerprint density at radius 2 is 1.86 bits per heavy atom. The molecule has 0 bridgehead atoms. The lowest BCUT2D eigenvalue weighted by atomic mass is 10.1. The van der Waals surface area contributed by atoms with E-state index in [0.717, 1.165) is 0 Å². The van der Waals surface area contributed by atoms with E-state index in [1.165, 1.54) is 11.8 Å². The molecule has 7 heteroatoms. The number of hydrogen-bond acceptors (Lipinski definition) is 6. The number of ether oxygens (including phenoxy) is 1. The molecule has 1 saturated heterocycles. The molecule has 0 spiro atoms. The van der Waals surface area contributed by atoms with Gasteiger partial charge in [-0.25, -0.2) is 0 Å². The number of aliphatic hydroxyl groups is 3. The summed E-state index contributed by atoms with van der Waals surface area (Å²) in [7, 11) is -1.94. The van der Waals surface area contributed by atoms with Crippen LogP contribution in [0.25, 0.3) is 0 Å². The van der Waals surface area contributed by atoms with Crippen molar-refractivity contribution < 1.29 is 24.5 Å². The summed E-state index contributed by atoms with van der Waals surface area (Å²) in [5.41, 5.74) is 0. The first-order valence-electron chi connectivity index (χ1n) is 7.43. The van der Waals surface area contributed by atoms with Crippen LogP contribution in [0, 0.1) is 0 Å². The molecular weight excluding hydrogens is 308 g/mol. The predicted molar refractivity (Wildman–Crippen MR) is 88.0 cm³/mol. The molecule has 0 aromatic carbocycles. The van der Waals surface area contributed by atoms with Gasteiger partial charge in [-0.2, -0.15) is 0 Å². The van der Waals surface area contributed by atoms with E-state index in [9.17, 15) is 15.3 Å². The third-order valence-electron chi connectivity index (χ3n) is 4.53. The van der Waals surface area contributed by atoms with E-state index in [-0.39, 0.29) is 18.3 Å². The molecule has 5 nitrogen and oxygen atoms in total. The molecule has 4 atom stereocenters. The van der Waals surface area contributed by atoms with Gasteiger partial charge < -0.3 is 24.5 Å². The first-order chi connectivity index (χ1) is 9.50. The Kier molecular flexibility index (Phi) is 6.34. The van der Waals surface area contributed by atoms with Crippen LogP contribution in [-0.2, 0) is 9.16 Å². The molecule has 0 radical (unpaired) electrons. The van der Waals surface area contributed by atoms with Gasteiger partial charge in [0, 0.05) is 0 Å². The number of hydrogen-bond donors (Lipinski definition) is 3. The maximum Gasteiger partial charge on any atom is 0.192 e. The Bertz CT molecular complexity index is 347. The summed E-state index contributed by atoms with van der Waals surface area (Å²) in [5, 5.41) is 30.0. The van der Waals surface area contributed by atoms with Gasteiger partial charge in [0.15, 0.2) is 13.3 Å². The van der Waals surface area contributed by atoms with Crippen LogP contribution in [0.2, 0.25) is 18.1 Å². The molecule has 1 rings (SSSR count). The van der Waals surface area contributed by atoms with Gasteiger partial charge in [0.2, 0.25) is 0 Å². The Balaban J connectivity index is 2.74. The quantitative estimate of drug-likeness (QED) is 0.638. The summed E-state index contributed by atoms with van der Waals surface area (Å²) in [6.45, 7) is 12.5. The zero-order valence-corrected chi connectivity index (χ0v) is 15.7. The van der Waals surface area contributed by atoms with Gasteiger partial charge in [0.1, 0.15) is 18.3 Å². The number of thioether (sulfide) groups is 1. The molecule has 0 aliphatic carbocycles. The summed E-state index contributed by atoms with van der Waals surface area (Å²) in [4.78, 5) is -1.14. The van der Waals surface area contributed by atoms with Crippen molar-refractivity contribution in [2.75, 3.05) is 19.0 Å². The summed E-state index contributed by atoms with van der Waals surface area (Å²) in [6, 6.07) is 0. The molecule has 21 heavy (non-hydrogen) atoms. The van der Waals surface area contributed by atoms with Crippen molar-refractivity contribution in [3.8, 4) is 0 Å². The molecular formula is C14H30O5SSi. The minimum Gasteiger partial charge on any atom is -0.414 e. The van der Waals surface area contributed by atoms with Crippen molar-refractivity contribution in [1.29, 1.82) is 0 Å². The van der Waals surface area contributed by atoms with Crippen LogP contribution in [0.5, 0.6) is 0 Å². The van der Waals surface area contributed by atoms with Gasteiger partial charge in [-0.15, -0.1) is 11.8 Å². The average Bonchev–Trinajstić information content (AvgIpc) is 2.61. The average molecular weight is 339 g/mol. The summed E-state index contributed by atoms with van der Waals surface area (Å²) >= 11 is 1.31. The second-order valence-electron chi connectivity index (χ2n) is 7.07. The minimum absolute atomic E-state index is 0.0708. The highest BCUT2D eigenvalue weighted by atomic mass is 32.2. The molecule has 1 heterocycles. The first kappa shape index (κ1) is 19.4. The highest BCUT2D eigenvalue weighted by molar-refractivity contribution is 8.00. The van der Waals surface area contributed by atoms with Gasteiger partial charge in [0.25, 0.3) is 0 Å². The Morgan fingerprint density at radius 3 is 2.29 bits per heavy atom. The molecule has 0 amide bonds. The Hall–Kier alpha value is 0.367. The molecule has 1 aliphatic rings. The molecule has 0 unspecified atom stereocenters. The molecule has 0 aromatic rings. The third kappa shape index (κ3) is 4.02. The molecule has 3 N–H and O–H groups in total. The number of aliphatic hydroxyl groups excluding tert-OH is 3. The van der Waals surface area contributed by atoms with Gasteiger partial charge in [-0.3, -0.25) is 0 Å². The van der Waals surface area contributed by atoms with Crippen molar-refractivity contribution in [3.63, 3.8) is 0 Å². The third-order valence-corrected chi connectivity index (χ3v) is 10.3. The van der Waals surface area contributed by atoms with E-state index in [2.05, 4.69) is 33.9 Å². The van der Waals surface area contributed by atoms with Crippen LogP contribution in [0.4, 0.5) is 0 Å². The molecule has 1 fully saturated rings. The van der Waals surface area contributed by atoms with Crippen molar-refractivity contribution >= 4 is 20.1 Å². The molecule has 0 saturated carbocycles. The summed E-state index contributed by atoms with van der Waals surface area (Å²) < 4.78 is 11.8. The zero-order chi connectivity index (χ0) is 16.5. The summed E-state index contributed by atoms with van der Waals surface area (Å²) in [6.07, 6.45) is -2.76. The van der Waals surface area contributed by atoms with Crippen LogP contribution in [0.3, 0.4) is 0 Å². The van der Waals surface area contributed by atoms with E-state index >= 15 is 0 Å². The molecule has 126 valence electrons. The molecule has 0 aromatic heterocycles. The standard InChI is InChI=1S/C14H30O5SSi/c1-7-20-14(9-15)12(17)11(16)10(19-14)8-18-21(5,6)13(2,3)4/h10-12,15-17H,7-9H2,1-6H3/t10-,11-,12+,14-/m1/s1. The van der Waals surface area contributed by atoms with Crippen LogP contribution in [0.15, 0.2) is 0 Å². The lowest BCUT2D eigenvalue weighted by molar-refractivity contribution is -0.0584. The lowest BCUT2D eigenvalue weighted by Gasteiger charge is -2.37. The van der Waals surface area contributed by atoms with Gasteiger partial charge in [-0.1, -0.05) is 27.7 Å². The van der Waals surface area contributed by atoms with E-state index in [1.54, 1.807) is 0 Å². The Morgan fingerprint density at radius 1 is 1.29 bits per heavy atom. The SMILES string of the molecule is CCS[C@@]1(CO)O[C@H](CO[Si](C)(C)C(C)(C)C)[C@@H](O)[C@@H]1O. The lowest BCUT2D eigenvalue weighted by Crippen LogP contribution is -2.44. The van der Waals surface area contributed by atoms with Gasteiger partial charge in [-0.05, 0) is 23.9 Å². The van der Waals surface area contributed by atoms with Crippen molar-refractivity contribution in [2.45, 2.75) is 69.1 Å². The van der Waals surface area contributed by atoms with E-state index in [4.69, 9.17) is 9.16 Å². The van der Waals surface area contributed by atoms with Gasteiger partial charge in [0.05, 0.1) is 13.2 Å². The van der Waals surface area contributed by atoms with Crippen molar-refractivity contribution in [3.05, 3.63) is 0 Å². The van der Waals surface area contributed by atoms with E-state index in [0.29, 0.717) is 5.75 Å². The highest BCUT2D eigenvalue weighted by Crippen LogP contribution is 2.41. The fourth-order valence-corrected chi connectivity index (χ4v) is 4.13. The maximum atomic E-state index is 10.2. The first-order valence-corrected chi connectivity index (χ1v) is 11.3. The highest BCUT2D eigenvalue weighted by Gasteiger charge is 2.54. The minimum atomic E-state index is -1.94. The zero-order valence-electron chi connectivity index (χ0n) is 13.9. The second-order valence-corrected chi connectivity index (χ2v) is 13.4. The van der Waals surface area contributed by atoms with Crippen LogP contribution < -0.4 is 0 Å². The van der Waals surface area contributed by atoms with Crippen LogP contribution >= 0.6 is 11.8 Å². The van der Waals surface area contributed by atoms with Crippen molar-refractivity contribution in [2.24, 2.45) is 0 Å². The maximum absolute atomic E-state index is 10.2. The van der Waals surface area contributed by atoms with E-state index in [1.807, 2.05) is 6.92 Å².